The molecule has 5 heteroatoms. The van der Waals surface area contributed by atoms with Gasteiger partial charge in [-0.3, -0.25) is 14.5 Å². The SMILES string of the molecule is CC1C[C@H](C(=O)NC2CCN(C3CC3)C2)[C@H](C(=O)O)C1. The van der Waals surface area contributed by atoms with Gasteiger partial charge in [0, 0.05) is 25.2 Å². The first kappa shape index (κ1) is 13.9. The van der Waals surface area contributed by atoms with E-state index in [9.17, 15) is 14.7 Å². The molecule has 0 aromatic carbocycles. The summed E-state index contributed by atoms with van der Waals surface area (Å²) >= 11 is 0. The van der Waals surface area contributed by atoms with Crippen LogP contribution in [0.4, 0.5) is 0 Å². The van der Waals surface area contributed by atoms with E-state index in [1.807, 2.05) is 6.92 Å². The molecule has 5 nitrogen and oxygen atoms in total. The molecule has 3 aliphatic rings. The number of carbonyl (C=O) groups is 2. The van der Waals surface area contributed by atoms with Crippen LogP contribution >= 0.6 is 0 Å². The first-order valence-electron chi connectivity index (χ1n) is 7.82. The van der Waals surface area contributed by atoms with E-state index in [-0.39, 0.29) is 17.9 Å². The van der Waals surface area contributed by atoms with Crippen LogP contribution in [0.25, 0.3) is 0 Å². The highest BCUT2D eigenvalue weighted by atomic mass is 16.4. The van der Waals surface area contributed by atoms with Crippen molar-refractivity contribution in [2.24, 2.45) is 17.8 Å². The second kappa shape index (κ2) is 5.35. The van der Waals surface area contributed by atoms with Crippen LogP contribution < -0.4 is 5.32 Å². The molecule has 4 atom stereocenters. The highest BCUT2D eigenvalue weighted by Gasteiger charge is 2.42. The van der Waals surface area contributed by atoms with Crippen LogP contribution in [-0.2, 0) is 9.59 Å². The minimum absolute atomic E-state index is 0.0376. The largest absolute Gasteiger partial charge is 0.481 e. The molecule has 1 amide bonds. The summed E-state index contributed by atoms with van der Waals surface area (Å²) in [5.41, 5.74) is 0. The lowest BCUT2D eigenvalue weighted by Crippen LogP contribution is -2.42. The van der Waals surface area contributed by atoms with Crippen LogP contribution in [0, 0.1) is 17.8 Å². The Morgan fingerprint density at radius 1 is 1.15 bits per heavy atom. The Balaban J connectivity index is 1.54. The Morgan fingerprint density at radius 3 is 2.50 bits per heavy atom. The number of rotatable bonds is 4. The summed E-state index contributed by atoms with van der Waals surface area (Å²) < 4.78 is 0. The van der Waals surface area contributed by atoms with Crippen molar-refractivity contribution >= 4 is 11.9 Å². The van der Waals surface area contributed by atoms with Gasteiger partial charge in [-0.25, -0.2) is 0 Å². The van der Waals surface area contributed by atoms with Crippen LogP contribution in [0.5, 0.6) is 0 Å². The van der Waals surface area contributed by atoms with Gasteiger partial charge < -0.3 is 10.4 Å². The second-order valence-corrected chi connectivity index (χ2v) is 6.85. The molecule has 3 rings (SSSR count). The lowest BCUT2D eigenvalue weighted by Gasteiger charge is -2.20. The average Bonchev–Trinajstić information content (AvgIpc) is 3.01. The third kappa shape index (κ3) is 2.82. The summed E-state index contributed by atoms with van der Waals surface area (Å²) in [6, 6.07) is 0.962. The van der Waals surface area contributed by atoms with Crippen molar-refractivity contribution in [1.82, 2.24) is 10.2 Å². The number of aliphatic carboxylic acids is 1. The number of carbonyl (C=O) groups excluding carboxylic acids is 1. The van der Waals surface area contributed by atoms with Gasteiger partial charge in [-0.2, -0.15) is 0 Å². The van der Waals surface area contributed by atoms with Crippen LogP contribution in [0.15, 0.2) is 0 Å². The summed E-state index contributed by atoms with van der Waals surface area (Å²) in [5.74, 6) is -1.35. The van der Waals surface area contributed by atoms with E-state index in [1.54, 1.807) is 0 Å². The van der Waals surface area contributed by atoms with Crippen molar-refractivity contribution < 1.29 is 14.7 Å². The molecular formula is C15H24N2O3. The standard InChI is InChI=1S/C15H24N2O3/c1-9-6-12(13(7-9)15(19)20)14(18)16-10-4-5-17(8-10)11-2-3-11/h9-13H,2-8H2,1H3,(H,16,18)(H,19,20)/t9?,10?,12-,13+/m0/s1. The van der Waals surface area contributed by atoms with Gasteiger partial charge in [0.25, 0.3) is 0 Å². The highest BCUT2D eigenvalue weighted by Crippen LogP contribution is 2.37. The molecule has 20 heavy (non-hydrogen) atoms. The van der Waals surface area contributed by atoms with E-state index < -0.39 is 11.9 Å². The minimum Gasteiger partial charge on any atom is -0.481 e. The predicted molar refractivity (Wildman–Crippen MR) is 74.2 cm³/mol. The lowest BCUT2D eigenvalue weighted by molar-refractivity contribution is -0.146. The molecule has 1 saturated heterocycles. The quantitative estimate of drug-likeness (QED) is 0.808. The molecule has 1 heterocycles. The van der Waals surface area contributed by atoms with Gasteiger partial charge >= 0.3 is 5.97 Å². The Hall–Kier alpha value is -1.10. The normalized spacial score (nSPS) is 38.0. The van der Waals surface area contributed by atoms with Crippen molar-refractivity contribution in [2.45, 2.75) is 51.1 Å². The number of likely N-dealkylation sites (tertiary alicyclic amines) is 1. The van der Waals surface area contributed by atoms with Gasteiger partial charge in [0.2, 0.25) is 5.91 Å². The molecule has 2 unspecified atom stereocenters. The van der Waals surface area contributed by atoms with Gasteiger partial charge in [-0.15, -0.1) is 0 Å². The number of carboxylic acids is 1. The van der Waals surface area contributed by atoms with E-state index in [1.165, 1.54) is 12.8 Å². The maximum absolute atomic E-state index is 12.4. The van der Waals surface area contributed by atoms with E-state index in [0.717, 1.165) is 25.6 Å². The van der Waals surface area contributed by atoms with E-state index in [4.69, 9.17) is 0 Å². The third-order valence-electron chi connectivity index (χ3n) is 5.08. The zero-order valence-corrected chi connectivity index (χ0v) is 12.0. The van der Waals surface area contributed by atoms with Gasteiger partial charge in [0.05, 0.1) is 11.8 Å². The number of nitrogens with one attached hydrogen (secondary N) is 1. The molecule has 0 aromatic rings. The van der Waals surface area contributed by atoms with Gasteiger partial charge in [0.1, 0.15) is 0 Å². The number of nitrogens with zero attached hydrogens (tertiary/aromatic N) is 1. The molecule has 1 aliphatic heterocycles. The minimum atomic E-state index is -0.819. The summed E-state index contributed by atoms with van der Waals surface area (Å²) in [6.45, 7) is 4.04. The summed E-state index contributed by atoms with van der Waals surface area (Å²) in [7, 11) is 0. The zero-order valence-electron chi connectivity index (χ0n) is 12.0. The van der Waals surface area contributed by atoms with E-state index in [2.05, 4.69) is 10.2 Å². The molecule has 3 fully saturated rings. The summed E-state index contributed by atoms with van der Waals surface area (Å²) in [5, 5.41) is 12.3. The maximum Gasteiger partial charge on any atom is 0.307 e. The monoisotopic (exact) mass is 280 g/mol. The van der Waals surface area contributed by atoms with Crippen LogP contribution in [0.2, 0.25) is 0 Å². The van der Waals surface area contributed by atoms with Crippen molar-refractivity contribution in [3.8, 4) is 0 Å². The molecule has 0 aromatic heterocycles. The fourth-order valence-corrected chi connectivity index (χ4v) is 3.84. The van der Waals surface area contributed by atoms with Crippen LogP contribution in [0.1, 0.15) is 39.0 Å². The van der Waals surface area contributed by atoms with Gasteiger partial charge in [0.15, 0.2) is 0 Å². The molecule has 2 saturated carbocycles. The predicted octanol–water partition coefficient (Wildman–Crippen LogP) is 1.09. The fourth-order valence-electron chi connectivity index (χ4n) is 3.84. The Morgan fingerprint density at radius 2 is 1.85 bits per heavy atom. The Kier molecular flexibility index (Phi) is 3.71. The number of amides is 1. The fraction of sp³-hybridized carbons (Fsp3) is 0.867. The molecule has 0 bridgehead atoms. The maximum atomic E-state index is 12.4. The van der Waals surface area contributed by atoms with E-state index in [0.29, 0.717) is 18.8 Å². The first-order chi connectivity index (χ1) is 9.54. The highest BCUT2D eigenvalue weighted by molar-refractivity contribution is 5.85. The molecule has 2 aliphatic carbocycles. The van der Waals surface area contributed by atoms with Crippen LogP contribution in [-0.4, -0.2) is 47.1 Å². The summed E-state index contributed by atoms with van der Waals surface area (Å²) in [4.78, 5) is 26.1. The first-order valence-corrected chi connectivity index (χ1v) is 7.82. The Bertz CT molecular complexity index is 408. The van der Waals surface area contributed by atoms with Crippen molar-refractivity contribution in [1.29, 1.82) is 0 Å². The molecule has 0 radical (unpaired) electrons. The second-order valence-electron chi connectivity index (χ2n) is 6.85. The van der Waals surface area contributed by atoms with Crippen molar-refractivity contribution in [3.63, 3.8) is 0 Å². The average molecular weight is 280 g/mol. The molecule has 112 valence electrons. The van der Waals surface area contributed by atoms with E-state index >= 15 is 0 Å². The van der Waals surface area contributed by atoms with Gasteiger partial charge in [-0.05, 0) is 38.0 Å². The topological polar surface area (TPSA) is 69.6 Å². The molecular weight excluding hydrogens is 256 g/mol. The summed E-state index contributed by atoms with van der Waals surface area (Å²) in [6.07, 6.45) is 4.93. The third-order valence-corrected chi connectivity index (χ3v) is 5.08. The number of carboxylic acid groups (broad SMARTS) is 1. The molecule has 2 N–H and O–H groups in total. The van der Waals surface area contributed by atoms with Crippen molar-refractivity contribution in [3.05, 3.63) is 0 Å². The number of hydrogen-bond acceptors (Lipinski definition) is 3. The van der Waals surface area contributed by atoms with Crippen molar-refractivity contribution in [2.75, 3.05) is 13.1 Å². The van der Waals surface area contributed by atoms with Crippen LogP contribution in [0.3, 0.4) is 0 Å². The zero-order chi connectivity index (χ0) is 14.3. The lowest BCUT2D eigenvalue weighted by atomic mass is 9.95. The number of hydrogen-bond donors (Lipinski definition) is 2. The molecule has 0 spiro atoms. The van der Waals surface area contributed by atoms with Gasteiger partial charge in [-0.1, -0.05) is 6.92 Å². The Labute approximate surface area is 119 Å². The smallest absolute Gasteiger partial charge is 0.307 e.